The van der Waals surface area contributed by atoms with Gasteiger partial charge in [-0.15, -0.1) is 0 Å². The standard InChI is InChI=1S/C24H31N3O6/c1-32-18-5-7-19(8-6-18)33-14-21(29)27-12-16-3-2-4-20(16)22(27)24(31)26-17(13-28)11-15-9-10-25-23(15)30/h5-8,13,15-17,20,22H,2-4,9-12,14H2,1H3,(H,25,30)(H,26,31)/t15-,16-,17-,20-,22?/m0/s1. The van der Waals surface area contributed by atoms with Crippen molar-refractivity contribution in [2.24, 2.45) is 17.8 Å². The lowest BCUT2D eigenvalue weighted by Crippen LogP contribution is -2.52. The van der Waals surface area contributed by atoms with E-state index in [1.165, 1.54) is 0 Å². The van der Waals surface area contributed by atoms with E-state index in [0.29, 0.717) is 37.3 Å². The summed E-state index contributed by atoms with van der Waals surface area (Å²) in [6.45, 7) is 0.936. The summed E-state index contributed by atoms with van der Waals surface area (Å²) < 4.78 is 10.8. The van der Waals surface area contributed by atoms with E-state index < -0.39 is 12.1 Å². The van der Waals surface area contributed by atoms with E-state index in [-0.39, 0.29) is 48.5 Å². The molecule has 2 heterocycles. The first kappa shape index (κ1) is 23.1. The first-order valence-electron chi connectivity index (χ1n) is 11.6. The van der Waals surface area contributed by atoms with Crippen molar-refractivity contribution in [2.75, 3.05) is 26.8 Å². The van der Waals surface area contributed by atoms with Crippen LogP contribution >= 0.6 is 0 Å². The van der Waals surface area contributed by atoms with Gasteiger partial charge in [-0.3, -0.25) is 14.4 Å². The quantitative estimate of drug-likeness (QED) is 0.533. The maximum absolute atomic E-state index is 13.3. The zero-order valence-electron chi connectivity index (χ0n) is 18.8. The Morgan fingerprint density at radius 2 is 1.97 bits per heavy atom. The minimum Gasteiger partial charge on any atom is -0.497 e. The first-order chi connectivity index (χ1) is 16.0. The van der Waals surface area contributed by atoms with Gasteiger partial charge in [-0.25, -0.2) is 0 Å². The Labute approximate surface area is 193 Å². The maximum atomic E-state index is 13.3. The lowest BCUT2D eigenvalue weighted by molar-refractivity contribution is -0.141. The second kappa shape index (κ2) is 10.2. The molecule has 1 aromatic rings. The predicted molar refractivity (Wildman–Crippen MR) is 119 cm³/mol. The summed E-state index contributed by atoms with van der Waals surface area (Å²) in [7, 11) is 1.58. The van der Waals surface area contributed by atoms with Gasteiger partial charge in [-0.2, -0.15) is 0 Å². The van der Waals surface area contributed by atoms with E-state index in [1.54, 1.807) is 36.3 Å². The summed E-state index contributed by atoms with van der Waals surface area (Å²) in [6.07, 6.45) is 4.50. The molecule has 4 rings (SSSR count). The van der Waals surface area contributed by atoms with Crippen LogP contribution < -0.4 is 20.1 Å². The van der Waals surface area contributed by atoms with Crippen LogP contribution in [0.5, 0.6) is 11.5 Å². The highest BCUT2D eigenvalue weighted by molar-refractivity contribution is 5.91. The van der Waals surface area contributed by atoms with Gasteiger partial charge < -0.3 is 29.8 Å². The van der Waals surface area contributed by atoms with Crippen LogP contribution in [-0.4, -0.2) is 67.8 Å². The number of hydrogen-bond acceptors (Lipinski definition) is 6. The number of carbonyl (C=O) groups is 4. The number of methoxy groups -OCH3 is 1. The number of hydrogen-bond donors (Lipinski definition) is 2. The van der Waals surface area contributed by atoms with Gasteiger partial charge in [-0.1, -0.05) is 6.42 Å². The molecule has 5 atom stereocenters. The second-order valence-corrected chi connectivity index (χ2v) is 9.07. The van der Waals surface area contributed by atoms with Crippen LogP contribution in [0.4, 0.5) is 0 Å². The number of nitrogens with zero attached hydrogens (tertiary/aromatic N) is 1. The van der Waals surface area contributed by atoms with Crippen LogP contribution in [0.3, 0.4) is 0 Å². The van der Waals surface area contributed by atoms with Gasteiger partial charge in [0.2, 0.25) is 11.8 Å². The number of nitrogens with one attached hydrogen (secondary N) is 2. The van der Waals surface area contributed by atoms with Crippen molar-refractivity contribution in [1.29, 1.82) is 0 Å². The number of ether oxygens (including phenoxy) is 2. The summed E-state index contributed by atoms with van der Waals surface area (Å²) >= 11 is 0. The fourth-order valence-corrected chi connectivity index (χ4v) is 5.39. The van der Waals surface area contributed by atoms with Crippen molar-refractivity contribution < 1.29 is 28.7 Å². The average Bonchev–Trinajstić information content (AvgIpc) is 3.53. The van der Waals surface area contributed by atoms with Gasteiger partial charge in [0.25, 0.3) is 5.91 Å². The van der Waals surface area contributed by atoms with Crippen LogP contribution in [0, 0.1) is 17.8 Å². The number of carbonyl (C=O) groups excluding carboxylic acids is 4. The van der Waals surface area contributed by atoms with Crippen molar-refractivity contribution in [3.63, 3.8) is 0 Å². The Hall–Kier alpha value is -3.10. The van der Waals surface area contributed by atoms with Crippen LogP contribution in [-0.2, 0) is 19.2 Å². The van der Waals surface area contributed by atoms with Gasteiger partial charge in [0.15, 0.2) is 6.61 Å². The van der Waals surface area contributed by atoms with Gasteiger partial charge in [0.05, 0.1) is 13.2 Å². The van der Waals surface area contributed by atoms with Crippen molar-refractivity contribution in [3.05, 3.63) is 24.3 Å². The zero-order valence-corrected chi connectivity index (χ0v) is 18.8. The molecule has 0 spiro atoms. The molecule has 0 radical (unpaired) electrons. The Morgan fingerprint density at radius 1 is 1.21 bits per heavy atom. The molecular weight excluding hydrogens is 426 g/mol. The summed E-state index contributed by atoms with van der Waals surface area (Å²) in [6, 6.07) is 5.58. The molecule has 3 amide bonds. The number of amides is 3. The van der Waals surface area contributed by atoms with Crippen LogP contribution in [0.15, 0.2) is 24.3 Å². The van der Waals surface area contributed by atoms with Crippen LogP contribution in [0.1, 0.15) is 32.1 Å². The number of rotatable bonds is 9. The molecule has 2 aliphatic heterocycles. The highest BCUT2D eigenvalue weighted by Gasteiger charge is 2.49. The largest absolute Gasteiger partial charge is 0.497 e. The zero-order chi connectivity index (χ0) is 23.4. The Kier molecular flexibility index (Phi) is 7.15. The lowest BCUT2D eigenvalue weighted by atomic mass is 9.92. The van der Waals surface area contributed by atoms with Gasteiger partial charge in [-0.05, 0) is 61.8 Å². The fraction of sp³-hybridized carbons (Fsp3) is 0.583. The molecule has 3 aliphatic rings. The molecule has 1 aromatic carbocycles. The monoisotopic (exact) mass is 457 g/mol. The highest BCUT2D eigenvalue weighted by atomic mass is 16.5. The third-order valence-corrected chi connectivity index (χ3v) is 7.09. The molecule has 33 heavy (non-hydrogen) atoms. The van der Waals surface area contributed by atoms with E-state index in [2.05, 4.69) is 10.6 Å². The van der Waals surface area contributed by atoms with Crippen molar-refractivity contribution in [2.45, 2.75) is 44.2 Å². The first-order valence-corrected chi connectivity index (χ1v) is 11.6. The van der Waals surface area contributed by atoms with E-state index >= 15 is 0 Å². The molecule has 1 aliphatic carbocycles. The number of aldehydes is 1. The highest BCUT2D eigenvalue weighted by Crippen LogP contribution is 2.42. The molecule has 0 aromatic heterocycles. The maximum Gasteiger partial charge on any atom is 0.261 e. The normalized spacial score (nSPS) is 26.9. The van der Waals surface area contributed by atoms with Gasteiger partial charge in [0.1, 0.15) is 23.8 Å². The topological polar surface area (TPSA) is 114 Å². The van der Waals surface area contributed by atoms with E-state index in [4.69, 9.17) is 9.47 Å². The smallest absolute Gasteiger partial charge is 0.261 e. The number of benzene rings is 1. The molecule has 2 saturated heterocycles. The van der Waals surface area contributed by atoms with Crippen LogP contribution in [0.25, 0.3) is 0 Å². The summed E-state index contributed by atoms with van der Waals surface area (Å²) in [5.74, 6) is 0.658. The van der Waals surface area contributed by atoms with Crippen LogP contribution in [0.2, 0.25) is 0 Å². The molecule has 3 fully saturated rings. The van der Waals surface area contributed by atoms with Crippen molar-refractivity contribution in [1.82, 2.24) is 15.5 Å². The van der Waals surface area contributed by atoms with E-state index in [9.17, 15) is 19.2 Å². The van der Waals surface area contributed by atoms with E-state index in [1.807, 2.05) is 0 Å². The molecule has 178 valence electrons. The molecule has 1 unspecified atom stereocenters. The number of fused-ring (bicyclic) bond motifs is 1. The minimum atomic E-state index is -0.751. The van der Waals surface area contributed by atoms with Crippen molar-refractivity contribution >= 4 is 24.0 Å². The summed E-state index contributed by atoms with van der Waals surface area (Å²) in [5, 5.41) is 5.56. The average molecular weight is 458 g/mol. The molecular formula is C24H31N3O6. The predicted octanol–water partition coefficient (Wildman–Crippen LogP) is 0.911. The molecule has 1 saturated carbocycles. The molecule has 2 N–H and O–H groups in total. The second-order valence-electron chi connectivity index (χ2n) is 9.07. The Balaban J connectivity index is 1.40. The van der Waals surface area contributed by atoms with Gasteiger partial charge >= 0.3 is 0 Å². The molecule has 9 heteroatoms. The Morgan fingerprint density at radius 3 is 2.64 bits per heavy atom. The summed E-state index contributed by atoms with van der Waals surface area (Å²) in [5.41, 5.74) is 0. The SMILES string of the molecule is COc1ccc(OCC(=O)N2C[C@@H]3CCC[C@@H]3C2C(=O)N[C@H](C=O)C[C@@H]2CCNC2=O)cc1. The lowest BCUT2D eigenvalue weighted by Gasteiger charge is -2.28. The molecule has 0 bridgehead atoms. The summed E-state index contributed by atoms with van der Waals surface area (Å²) in [4.78, 5) is 51.4. The third kappa shape index (κ3) is 5.12. The number of likely N-dealkylation sites (tertiary alicyclic amines) is 1. The van der Waals surface area contributed by atoms with E-state index in [0.717, 1.165) is 19.3 Å². The molecule has 9 nitrogen and oxygen atoms in total. The van der Waals surface area contributed by atoms with Gasteiger partial charge in [0, 0.05) is 19.0 Å². The Bertz CT molecular complexity index is 889. The minimum absolute atomic E-state index is 0.0806. The third-order valence-electron chi connectivity index (χ3n) is 7.09. The van der Waals surface area contributed by atoms with Crippen molar-refractivity contribution in [3.8, 4) is 11.5 Å². The fourth-order valence-electron chi connectivity index (χ4n) is 5.39.